The van der Waals surface area contributed by atoms with Crippen molar-refractivity contribution in [2.75, 3.05) is 6.54 Å². The van der Waals surface area contributed by atoms with Crippen molar-refractivity contribution >= 4 is 12.0 Å². The summed E-state index contributed by atoms with van der Waals surface area (Å²) in [4.78, 5) is 22.3. The Bertz CT molecular complexity index is 240. The number of amides is 2. The van der Waals surface area contributed by atoms with E-state index in [-0.39, 0.29) is 0 Å². The number of carbonyl (C=O) groups is 2. The summed E-state index contributed by atoms with van der Waals surface area (Å²) >= 11 is 0. The van der Waals surface area contributed by atoms with E-state index < -0.39 is 18.0 Å². The SMILES string of the molecule is CCC[C@@H](NC(=O)NCC(CC)CC)C(=O)O. The van der Waals surface area contributed by atoms with Crippen molar-refractivity contribution in [2.24, 2.45) is 5.92 Å². The Morgan fingerprint density at radius 1 is 1.18 bits per heavy atom. The number of aliphatic carboxylic acids is 1. The lowest BCUT2D eigenvalue weighted by Gasteiger charge is -2.17. The Morgan fingerprint density at radius 2 is 1.76 bits per heavy atom. The van der Waals surface area contributed by atoms with Gasteiger partial charge in [-0.3, -0.25) is 0 Å². The van der Waals surface area contributed by atoms with Crippen molar-refractivity contribution in [1.82, 2.24) is 10.6 Å². The highest BCUT2D eigenvalue weighted by molar-refractivity contribution is 5.82. The molecule has 0 aromatic heterocycles. The van der Waals surface area contributed by atoms with Crippen LogP contribution in [0.15, 0.2) is 0 Å². The van der Waals surface area contributed by atoms with Crippen LogP contribution in [-0.2, 0) is 4.79 Å². The van der Waals surface area contributed by atoms with Crippen molar-refractivity contribution in [1.29, 1.82) is 0 Å². The Labute approximate surface area is 103 Å². The van der Waals surface area contributed by atoms with Crippen LogP contribution in [0.3, 0.4) is 0 Å². The molecule has 0 bridgehead atoms. The van der Waals surface area contributed by atoms with Gasteiger partial charge in [0.2, 0.25) is 0 Å². The van der Waals surface area contributed by atoms with Crippen molar-refractivity contribution in [3.8, 4) is 0 Å². The molecule has 5 heteroatoms. The quantitative estimate of drug-likeness (QED) is 0.611. The van der Waals surface area contributed by atoms with Gasteiger partial charge in [-0.05, 0) is 12.3 Å². The Hall–Kier alpha value is -1.26. The number of hydrogen-bond acceptors (Lipinski definition) is 2. The normalized spacial score (nSPS) is 12.2. The third-order valence-corrected chi connectivity index (χ3v) is 2.89. The largest absolute Gasteiger partial charge is 0.480 e. The molecule has 0 saturated carbocycles. The fourth-order valence-corrected chi connectivity index (χ4v) is 1.57. The first kappa shape index (κ1) is 15.7. The zero-order valence-electron chi connectivity index (χ0n) is 11.0. The second-order valence-corrected chi connectivity index (χ2v) is 4.22. The summed E-state index contributed by atoms with van der Waals surface area (Å²) in [7, 11) is 0. The van der Waals surface area contributed by atoms with Crippen molar-refractivity contribution in [3.63, 3.8) is 0 Å². The van der Waals surface area contributed by atoms with Crippen LogP contribution in [-0.4, -0.2) is 29.7 Å². The number of rotatable bonds is 8. The molecular weight excluding hydrogens is 220 g/mol. The van der Waals surface area contributed by atoms with Gasteiger partial charge in [0.15, 0.2) is 0 Å². The van der Waals surface area contributed by atoms with E-state index in [0.29, 0.717) is 18.9 Å². The summed E-state index contributed by atoms with van der Waals surface area (Å²) in [5.41, 5.74) is 0. The molecule has 3 N–H and O–H groups in total. The third-order valence-electron chi connectivity index (χ3n) is 2.89. The minimum Gasteiger partial charge on any atom is -0.480 e. The highest BCUT2D eigenvalue weighted by atomic mass is 16.4. The summed E-state index contributed by atoms with van der Waals surface area (Å²) in [5.74, 6) is -0.528. The Balaban J connectivity index is 4.01. The van der Waals surface area contributed by atoms with Crippen molar-refractivity contribution < 1.29 is 14.7 Å². The van der Waals surface area contributed by atoms with Crippen LogP contribution in [0.25, 0.3) is 0 Å². The van der Waals surface area contributed by atoms with E-state index in [9.17, 15) is 9.59 Å². The summed E-state index contributed by atoms with van der Waals surface area (Å²) in [6.07, 6.45) is 3.19. The van der Waals surface area contributed by atoms with E-state index >= 15 is 0 Å². The molecule has 5 nitrogen and oxygen atoms in total. The molecule has 0 aliphatic heterocycles. The molecule has 0 unspecified atom stereocenters. The van der Waals surface area contributed by atoms with Crippen molar-refractivity contribution in [3.05, 3.63) is 0 Å². The van der Waals surface area contributed by atoms with Crippen LogP contribution >= 0.6 is 0 Å². The fraction of sp³-hybridized carbons (Fsp3) is 0.833. The summed E-state index contributed by atoms with van der Waals surface area (Å²) in [5, 5.41) is 14.1. The van der Waals surface area contributed by atoms with Gasteiger partial charge >= 0.3 is 12.0 Å². The molecule has 2 amide bonds. The fourth-order valence-electron chi connectivity index (χ4n) is 1.57. The first-order valence-corrected chi connectivity index (χ1v) is 6.32. The van der Waals surface area contributed by atoms with E-state index in [4.69, 9.17) is 5.11 Å². The molecule has 0 rings (SSSR count). The monoisotopic (exact) mass is 244 g/mol. The lowest BCUT2D eigenvalue weighted by molar-refractivity contribution is -0.139. The predicted octanol–water partition coefficient (Wildman–Crippen LogP) is 1.98. The number of urea groups is 1. The molecule has 0 fully saturated rings. The van der Waals surface area contributed by atoms with E-state index in [1.54, 1.807) is 0 Å². The summed E-state index contributed by atoms with van der Waals surface area (Å²) < 4.78 is 0. The Morgan fingerprint density at radius 3 is 2.18 bits per heavy atom. The second-order valence-electron chi connectivity index (χ2n) is 4.22. The average Bonchev–Trinajstić information content (AvgIpc) is 2.29. The maximum absolute atomic E-state index is 11.5. The van der Waals surface area contributed by atoms with Gasteiger partial charge in [-0.1, -0.05) is 40.0 Å². The highest BCUT2D eigenvalue weighted by Crippen LogP contribution is 2.05. The van der Waals surface area contributed by atoms with Crippen LogP contribution in [0.2, 0.25) is 0 Å². The molecule has 0 aliphatic rings. The summed E-state index contributed by atoms with van der Waals surface area (Å²) in [6, 6.07) is -1.18. The van der Waals surface area contributed by atoms with Gasteiger partial charge < -0.3 is 15.7 Å². The third kappa shape index (κ3) is 6.81. The molecule has 0 aromatic carbocycles. The molecule has 1 atom stereocenters. The lowest BCUT2D eigenvalue weighted by Crippen LogP contribution is -2.46. The number of hydrogen-bond donors (Lipinski definition) is 3. The summed E-state index contributed by atoms with van der Waals surface area (Å²) in [6.45, 7) is 6.63. The molecule has 0 aliphatic carbocycles. The first-order chi connectivity index (χ1) is 8.04. The van der Waals surface area contributed by atoms with Crippen LogP contribution in [0, 0.1) is 5.92 Å². The maximum atomic E-state index is 11.5. The molecule has 17 heavy (non-hydrogen) atoms. The second kappa shape index (κ2) is 8.84. The molecular formula is C12H24N2O3. The number of carboxylic acid groups (broad SMARTS) is 1. The van der Waals surface area contributed by atoms with Gasteiger partial charge in [-0.25, -0.2) is 9.59 Å². The molecule has 0 aromatic rings. The van der Waals surface area contributed by atoms with Crippen LogP contribution in [0.1, 0.15) is 46.5 Å². The minimum atomic E-state index is -0.982. The highest BCUT2D eigenvalue weighted by Gasteiger charge is 2.18. The average molecular weight is 244 g/mol. The number of carbonyl (C=O) groups excluding carboxylic acids is 1. The van der Waals surface area contributed by atoms with Gasteiger partial charge in [0, 0.05) is 6.54 Å². The van der Waals surface area contributed by atoms with Gasteiger partial charge in [0.1, 0.15) is 6.04 Å². The molecule has 100 valence electrons. The van der Waals surface area contributed by atoms with Gasteiger partial charge in [-0.2, -0.15) is 0 Å². The van der Waals surface area contributed by atoms with E-state index in [2.05, 4.69) is 24.5 Å². The number of carboxylic acids is 1. The molecule has 0 spiro atoms. The smallest absolute Gasteiger partial charge is 0.326 e. The molecule has 0 heterocycles. The Kier molecular flexibility index (Phi) is 8.19. The molecule has 0 saturated heterocycles. The van der Waals surface area contributed by atoms with Gasteiger partial charge in [0.05, 0.1) is 0 Å². The van der Waals surface area contributed by atoms with E-state index in [0.717, 1.165) is 19.3 Å². The van der Waals surface area contributed by atoms with Gasteiger partial charge in [0.25, 0.3) is 0 Å². The standard InChI is InChI=1S/C12H24N2O3/c1-4-7-10(11(15)16)14-12(17)13-8-9(5-2)6-3/h9-10H,4-8H2,1-3H3,(H,15,16)(H2,13,14,17)/t10-/m1/s1. The van der Waals surface area contributed by atoms with E-state index in [1.165, 1.54) is 0 Å². The first-order valence-electron chi connectivity index (χ1n) is 6.32. The van der Waals surface area contributed by atoms with Gasteiger partial charge in [-0.15, -0.1) is 0 Å². The van der Waals surface area contributed by atoms with Crippen LogP contribution in [0.4, 0.5) is 4.79 Å². The number of nitrogens with one attached hydrogen (secondary N) is 2. The van der Waals surface area contributed by atoms with E-state index in [1.807, 2.05) is 6.92 Å². The van der Waals surface area contributed by atoms with Crippen LogP contribution in [0.5, 0.6) is 0 Å². The minimum absolute atomic E-state index is 0.391. The topological polar surface area (TPSA) is 78.4 Å². The predicted molar refractivity (Wildman–Crippen MR) is 66.9 cm³/mol. The maximum Gasteiger partial charge on any atom is 0.326 e. The zero-order valence-corrected chi connectivity index (χ0v) is 11.0. The van der Waals surface area contributed by atoms with Crippen molar-refractivity contribution in [2.45, 2.75) is 52.5 Å². The molecule has 0 radical (unpaired) electrons. The van der Waals surface area contributed by atoms with Crippen LogP contribution < -0.4 is 10.6 Å². The lowest BCUT2D eigenvalue weighted by atomic mass is 10.0. The zero-order chi connectivity index (χ0) is 13.3.